The van der Waals surface area contributed by atoms with Gasteiger partial charge in [0.15, 0.2) is 4.71 Å². The summed E-state index contributed by atoms with van der Waals surface area (Å²) in [4.78, 5) is 0. The van der Waals surface area contributed by atoms with E-state index in [1.54, 1.807) is 25.1 Å². The predicted octanol–water partition coefficient (Wildman–Crippen LogP) is 10.8. The first-order valence-corrected chi connectivity index (χ1v) is 19.1. The number of alkyl halides is 6. The third kappa shape index (κ3) is 13.9. The number of benzene rings is 2. The van der Waals surface area contributed by atoms with Gasteiger partial charge < -0.3 is 0 Å². The zero-order valence-corrected chi connectivity index (χ0v) is 32.5. The Morgan fingerprint density at radius 2 is 1.10 bits per heavy atom. The Morgan fingerprint density at radius 3 is 1.60 bits per heavy atom. The summed E-state index contributed by atoms with van der Waals surface area (Å²) in [5.74, 6) is 0.102. The molecule has 1 unspecified atom stereocenters. The van der Waals surface area contributed by atoms with Gasteiger partial charge in [-0.05, 0) is 74.9 Å². The van der Waals surface area contributed by atoms with Crippen LogP contribution in [0.25, 0.3) is 0 Å². The second kappa shape index (κ2) is 19.0. The molecule has 4 aromatic rings. The van der Waals surface area contributed by atoms with Gasteiger partial charge in [0.1, 0.15) is 0 Å². The Kier molecular flexibility index (Phi) is 16.8. The van der Waals surface area contributed by atoms with Crippen molar-refractivity contribution in [1.82, 2.24) is 0 Å². The molecular formula is C32H42Cl5FN2O6S2+2. The molecule has 0 saturated carbocycles. The Bertz CT molecular complexity index is 1680. The number of nitrogens with zero attached hydrogens (tertiary/aromatic N) is 2. The maximum atomic E-state index is 10.6. The minimum Gasteiger partial charge on any atom is -0.290 e. The van der Waals surface area contributed by atoms with E-state index in [9.17, 15) is 33.0 Å². The lowest BCUT2D eigenvalue weighted by Gasteiger charge is -2.33. The van der Waals surface area contributed by atoms with Crippen molar-refractivity contribution in [1.29, 1.82) is 0 Å². The summed E-state index contributed by atoms with van der Waals surface area (Å²) in [5, 5.41) is 19.8. The van der Waals surface area contributed by atoms with Crippen molar-refractivity contribution in [2.45, 2.75) is 65.3 Å². The largest absolute Gasteiger partial charge is 0.346 e. The van der Waals surface area contributed by atoms with Crippen LogP contribution in [0.1, 0.15) is 50.6 Å². The number of pyridine rings is 2. The first kappa shape index (κ1) is 42.4. The molecule has 268 valence electrons. The van der Waals surface area contributed by atoms with Crippen LogP contribution in [-0.2, 0) is 5.75 Å². The molecule has 4 rings (SSSR count). The summed E-state index contributed by atoms with van der Waals surface area (Å²) in [6.07, 6.45) is 2.79. The maximum Gasteiger partial charge on any atom is 0.346 e. The second-order valence-electron chi connectivity index (χ2n) is 10.7. The van der Waals surface area contributed by atoms with Crippen LogP contribution in [0, 0.1) is 41.5 Å². The molecule has 2 heterocycles. The van der Waals surface area contributed by atoms with Crippen LogP contribution in [0.5, 0.6) is 0 Å². The third-order valence-corrected chi connectivity index (χ3v) is 11.0. The molecule has 0 amide bonds. The van der Waals surface area contributed by atoms with Crippen LogP contribution in [0.4, 0.5) is 4.39 Å². The van der Waals surface area contributed by atoms with Gasteiger partial charge in [-0.15, -0.1) is 10.6 Å². The highest BCUT2D eigenvalue weighted by Gasteiger charge is 2.37. The van der Waals surface area contributed by atoms with E-state index in [4.69, 9.17) is 59.4 Å². The van der Waals surface area contributed by atoms with Crippen molar-refractivity contribution in [3.63, 3.8) is 0 Å². The number of aromatic nitrogens is 2. The fraction of sp³-hybridized carbons (Fsp3) is 0.312. The molecule has 0 bridgehead atoms. The van der Waals surface area contributed by atoms with Gasteiger partial charge in [0.2, 0.25) is 12.4 Å². The smallest absolute Gasteiger partial charge is 0.290 e. The molecule has 0 aliphatic carbocycles. The highest BCUT2D eigenvalue weighted by molar-refractivity contribution is 8.25. The van der Waals surface area contributed by atoms with Crippen molar-refractivity contribution in [2.75, 3.05) is 7.15 Å². The Balaban J connectivity index is 0.000000403. The van der Waals surface area contributed by atoms with Crippen LogP contribution in [0.3, 0.4) is 0 Å². The van der Waals surface area contributed by atoms with Crippen molar-refractivity contribution >= 4 is 79.2 Å². The fourth-order valence-electron chi connectivity index (χ4n) is 4.14. The Labute approximate surface area is 311 Å². The van der Waals surface area contributed by atoms with Gasteiger partial charge in [-0.2, -0.15) is 0 Å². The summed E-state index contributed by atoms with van der Waals surface area (Å²) in [6.45, 7) is 11.3. The van der Waals surface area contributed by atoms with E-state index in [0.29, 0.717) is 10.3 Å². The fourth-order valence-corrected chi connectivity index (χ4v) is 7.80. The SMILES string of the molecule is Cc1ccc(C)c(C(Cl)S(O)(O)c2cc(C)cc[n+]2O)c1.Cc1ccc(C)c(CS(O)(O)c2cc(C)cc[n+]2O)c1.ClC(Cl)(Cl)Cl.[2H]CF. The van der Waals surface area contributed by atoms with E-state index < -0.39 is 36.3 Å². The maximum absolute atomic E-state index is 10.6. The number of aryl methyl sites for hydroxylation is 6. The van der Waals surface area contributed by atoms with Crippen LogP contribution in [0.2, 0.25) is 0 Å². The summed E-state index contributed by atoms with van der Waals surface area (Å²) < 4.78 is 56.3. The van der Waals surface area contributed by atoms with E-state index in [2.05, 4.69) is 0 Å². The van der Waals surface area contributed by atoms with Crippen LogP contribution >= 0.6 is 79.2 Å². The molecule has 0 radical (unpaired) electrons. The Morgan fingerprint density at radius 1 is 0.708 bits per heavy atom. The standard InChI is InChI=1S/C15H18ClNO3S.C15H19NO3S.CCl4.CH3F/c1-10-4-5-12(3)13(8-10)15(16)21(19,20)14-9-11(2)6-7-17(14)18;1-11-4-5-13(3)14(8-11)10-20(18,19)15-9-12(2)6-7-16(15)17;2-1(3,4)5;1-2/h4-9,15H,1-3H3,(H2-,18,19,20);4-9H,10H2,1-3H3,(H2-,17,18,19);;1H3/p+2/i;;;1D. The second-order valence-corrected chi connectivity index (χ2v) is 19.0. The number of hydrogen-bond acceptors (Lipinski definition) is 6. The number of rotatable bonds is 6. The van der Waals surface area contributed by atoms with Gasteiger partial charge in [0, 0.05) is 33.7 Å². The minimum absolute atomic E-state index is 0.00315. The van der Waals surface area contributed by atoms with E-state index in [1.165, 1.54) is 18.5 Å². The summed E-state index contributed by atoms with van der Waals surface area (Å²) >= 11 is 25.7. The molecular weight excluding hydrogens is 769 g/mol. The van der Waals surface area contributed by atoms with Crippen LogP contribution in [-0.4, -0.2) is 39.0 Å². The zero-order valence-electron chi connectivity index (χ0n) is 28.1. The van der Waals surface area contributed by atoms with E-state index >= 15 is 0 Å². The average molecular weight is 812 g/mol. The molecule has 0 fully saturated rings. The quantitative estimate of drug-likeness (QED) is 0.0654. The molecule has 0 aliphatic heterocycles. The predicted molar refractivity (Wildman–Crippen MR) is 197 cm³/mol. The third-order valence-electron chi connectivity index (χ3n) is 6.58. The van der Waals surface area contributed by atoms with Crippen molar-refractivity contribution in [3.8, 4) is 0 Å². The lowest BCUT2D eigenvalue weighted by molar-refractivity contribution is -0.933. The summed E-state index contributed by atoms with van der Waals surface area (Å²) in [5.41, 5.74) is 7.14. The normalized spacial score (nSPS) is 13.0. The lowest BCUT2D eigenvalue weighted by atomic mass is 10.1. The van der Waals surface area contributed by atoms with Gasteiger partial charge in [0.05, 0.1) is 14.3 Å². The van der Waals surface area contributed by atoms with E-state index in [1.807, 2.05) is 71.0 Å². The molecule has 1 atom stereocenters. The first-order chi connectivity index (χ1) is 22.4. The molecule has 16 heteroatoms. The summed E-state index contributed by atoms with van der Waals surface area (Å²) in [7, 11) is -7.50. The van der Waals surface area contributed by atoms with E-state index in [-0.39, 0.29) is 15.8 Å². The Hall–Kier alpha value is -1.74. The molecule has 2 aromatic carbocycles. The molecule has 2 aromatic heterocycles. The van der Waals surface area contributed by atoms with Crippen molar-refractivity contribution in [2.24, 2.45) is 0 Å². The highest BCUT2D eigenvalue weighted by Crippen LogP contribution is 2.61. The van der Waals surface area contributed by atoms with E-state index in [0.717, 1.165) is 43.7 Å². The van der Waals surface area contributed by atoms with Gasteiger partial charge in [-0.1, -0.05) is 116 Å². The molecule has 0 aliphatic rings. The zero-order chi connectivity index (χ0) is 37.9. The first-order valence-electron chi connectivity index (χ1n) is 14.5. The lowest BCUT2D eigenvalue weighted by Crippen LogP contribution is -2.36. The van der Waals surface area contributed by atoms with Gasteiger partial charge in [0.25, 0.3) is 3.25 Å². The van der Waals surface area contributed by atoms with Gasteiger partial charge in [-0.25, -0.2) is 0 Å². The highest BCUT2D eigenvalue weighted by atomic mass is 35.6. The monoisotopic (exact) mass is 809 g/mol. The van der Waals surface area contributed by atoms with Gasteiger partial charge >= 0.3 is 10.1 Å². The number of hydrogen-bond donors (Lipinski definition) is 6. The molecule has 8 nitrogen and oxygen atoms in total. The van der Waals surface area contributed by atoms with Crippen molar-refractivity contribution < 1.29 is 43.8 Å². The van der Waals surface area contributed by atoms with Crippen LogP contribution < -0.4 is 9.46 Å². The molecule has 6 N–H and O–H groups in total. The molecule has 0 saturated heterocycles. The van der Waals surface area contributed by atoms with Crippen LogP contribution in [0.15, 0.2) is 83.1 Å². The number of halogens is 6. The average Bonchev–Trinajstić information content (AvgIpc) is 2.98. The minimum atomic E-state index is -3.41. The summed E-state index contributed by atoms with van der Waals surface area (Å²) in [6, 6.07) is 18.0. The van der Waals surface area contributed by atoms with Gasteiger partial charge in [-0.3, -0.25) is 33.0 Å². The van der Waals surface area contributed by atoms with Crippen molar-refractivity contribution in [3.05, 3.63) is 118 Å². The molecule has 0 spiro atoms. The molecule has 48 heavy (non-hydrogen) atoms. The topological polar surface area (TPSA) is 129 Å².